The predicted octanol–water partition coefficient (Wildman–Crippen LogP) is 3.24. The van der Waals surface area contributed by atoms with Crippen molar-refractivity contribution in [3.05, 3.63) is 62.0 Å². The molecule has 1 aliphatic rings. The van der Waals surface area contributed by atoms with Gasteiger partial charge in [-0.15, -0.1) is 0 Å². The molecular formula is C21H18ClFN6O2. The number of H-pyrrole nitrogens is 1. The lowest BCUT2D eigenvalue weighted by atomic mass is 9.90. The van der Waals surface area contributed by atoms with Crippen molar-refractivity contribution in [2.75, 3.05) is 10.6 Å². The summed E-state index contributed by atoms with van der Waals surface area (Å²) < 4.78 is 14.5. The fraction of sp³-hybridized carbons (Fsp3) is 0.286. The second kappa shape index (κ2) is 7.73. The summed E-state index contributed by atoms with van der Waals surface area (Å²) in [4.78, 5) is 38.5. The zero-order valence-electron chi connectivity index (χ0n) is 16.3. The summed E-state index contributed by atoms with van der Waals surface area (Å²) in [5.74, 6) is -0.0696. The molecular weight excluding hydrogens is 423 g/mol. The molecule has 8 nitrogen and oxygen atoms in total. The third-order valence-electron chi connectivity index (χ3n) is 5.60. The first kappa shape index (κ1) is 19.6. The molecule has 0 unspecified atom stereocenters. The number of nitrogens with one attached hydrogen (secondary N) is 3. The Balaban J connectivity index is 1.36. The highest BCUT2D eigenvalue weighted by Gasteiger charge is 2.25. The van der Waals surface area contributed by atoms with Crippen molar-refractivity contribution in [3.63, 3.8) is 0 Å². The van der Waals surface area contributed by atoms with Gasteiger partial charge in [-0.1, -0.05) is 11.6 Å². The lowest BCUT2D eigenvalue weighted by Gasteiger charge is -2.31. The van der Waals surface area contributed by atoms with Crippen molar-refractivity contribution < 1.29 is 4.39 Å². The molecule has 158 valence electrons. The maximum atomic E-state index is 14.5. The van der Waals surface area contributed by atoms with Crippen molar-refractivity contribution in [2.45, 2.75) is 37.8 Å². The van der Waals surface area contributed by atoms with E-state index < -0.39 is 16.7 Å². The molecule has 1 aromatic carbocycles. The molecule has 31 heavy (non-hydrogen) atoms. The normalized spacial score (nSPS) is 19.0. The van der Waals surface area contributed by atoms with Crippen LogP contribution in [-0.2, 0) is 0 Å². The average molecular weight is 441 g/mol. The van der Waals surface area contributed by atoms with Gasteiger partial charge in [-0.2, -0.15) is 0 Å². The van der Waals surface area contributed by atoms with E-state index in [9.17, 15) is 14.0 Å². The van der Waals surface area contributed by atoms with E-state index in [0.29, 0.717) is 34.2 Å². The number of anilines is 2. The Kier molecular flexibility index (Phi) is 4.90. The average Bonchev–Trinajstić information content (AvgIpc) is 3.18. The number of rotatable bonds is 5. The van der Waals surface area contributed by atoms with E-state index in [1.165, 1.54) is 6.07 Å². The highest BCUT2D eigenvalue weighted by atomic mass is 35.5. The van der Waals surface area contributed by atoms with Crippen LogP contribution < -0.4 is 21.5 Å². The van der Waals surface area contributed by atoms with Crippen LogP contribution >= 0.6 is 11.6 Å². The van der Waals surface area contributed by atoms with Gasteiger partial charge in [0.2, 0.25) is 10.9 Å². The first-order valence-electron chi connectivity index (χ1n) is 9.97. The van der Waals surface area contributed by atoms with Crippen LogP contribution in [0, 0.1) is 5.82 Å². The molecule has 1 fully saturated rings. The molecule has 5 rings (SSSR count). The lowest BCUT2D eigenvalue weighted by Crippen LogP contribution is -2.39. The summed E-state index contributed by atoms with van der Waals surface area (Å²) in [7, 11) is 0. The minimum Gasteiger partial charge on any atom is -0.379 e. The highest BCUT2D eigenvalue weighted by Crippen LogP contribution is 2.29. The molecule has 4 aromatic rings. The highest BCUT2D eigenvalue weighted by molar-refractivity contribution is 6.31. The summed E-state index contributed by atoms with van der Waals surface area (Å²) in [6.07, 6.45) is 7.69. The van der Waals surface area contributed by atoms with Gasteiger partial charge < -0.3 is 15.6 Å². The number of hydrogen-bond acceptors (Lipinski definition) is 7. The first-order chi connectivity index (χ1) is 15.0. The Hall–Kier alpha value is -3.33. The standard InChI is InChI=1S/C21H18ClFN6O2/c22-10-4-13-14(8-25-19(13)24-7-10)20-26-9-15(23)21(29-20)28-12-3-1-2-11(5-12)27-16-6-17(30)18(16)31/h4,6-9,11-12,27H,1-3,5H2,(H,24,25)(H,26,28,29)/t11-,12+/m1/s1. The molecule has 0 aliphatic heterocycles. The molecule has 10 heteroatoms. The van der Waals surface area contributed by atoms with Gasteiger partial charge in [0.25, 0.3) is 0 Å². The number of nitrogens with zero attached hydrogens (tertiary/aromatic N) is 3. The molecule has 3 aromatic heterocycles. The third kappa shape index (κ3) is 3.76. The van der Waals surface area contributed by atoms with E-state index in [4.69, 9.17) is 11.6 Å². The summed E-state index contributed by atoms with van der Waals surface area (Å²) >= 11 is 6.06. The zero-order chi connectivity index (χ0) is 21.5. The minimum atomic E-state index is -0.544. The van der Waals surface area contributed by atoms with Crippen molar-refractivity contribution in [3.8, 4) is 11.4 Å². The van der Waals surface area contributed by atoms with E-state index in [1.54, 1.807) is 18.5 Å². The molecule has 3 N–H and O–H groups in total. The largest absolute Gasteiger partial charge is 0.379 e. The number of aromatic amines is 1. The number of aromatic nitrogens is 4. The Morgan fingerprint density at radius 1 is 1.10 bits per heavy atom. The van der Waals surface area contributed by atoms with Crippen LogP contribution in [-0.4, -0.2) is 32.0 Å². The zero-order valence-corrected chi connectivity index (χ0v) is 17.0. The summed E-state index contributed by atoms with van der Waals surface area (Å²) in [6, 6.07) is 3.07. The maximum Gasteiger partial charge on any atom is 0.248 e. The van der Waals surface area contributed by atoms with E-state index >= 15 is 0 Å². The predicted molar refractivity (Wildman–Crippen MR) is 117 cm³/mol. The maximum absolute atomic E-state index is 14.5. The van der Waals surface area contributed by atoms with Crippen LogP contribution in [0.4, 0.5) is 15.9 Å². The summed E-state index contributed by atoms with van der Waals surface area (Å²) in [5, 5.41) is 7.54. The lowest BCUT2D eigenvalue weighted by molar-refractivity contribution is 0.425. The second-order valence-electron chi connectivity index (χ2n) is 7.74. The monoisotopic (exact) mass is 440 g/mol. The Morgan fingerprint density at radius 3 is 2.68 bits per heavy atom. The van der Waals surface area contributed by atoms with E-state index in [1.807, 2.05) is 0 Å². The molecule has 0 saturated heterocycles. The Morgan fingerprint density at radius 2 is 1.90 bits per heavy atom. The van der Waals surface area contributed by atoms with Crippen molar-refractivity contribution in [2.24, 2.45) is 0 Å². The number of pyridine rings is 1. The van der Waals surface area contributed by atoms with Gasteiger partial charge in [0.05, 0.1) is 16.9 Å². The van der Waals surface area contributed by atoms with Crippen LogP contribution in [0.2, 0.25) is 5.02 Å². The molecule has 0 spiro atoms. The Labute approximate surface area is 180 Å². The molecule has 1 saturated carbocycles. The first-order valence-corrected chi connectivity index (χ1v) is 10.3. The van der Waals surface area contributed by atoms with E-state index in [-0.39, 0.29) is 17.9 Å². The van der Waals surface area contributed by atoms with Crippen molar-refractivity contribution in [1.82, 2.24) is 19.9 Å². The molecule has 0 amide bonds. The topological polar surface area (TPSA) is 113 Å². The van der Waals surface area contributed by atoms with Gasteiger partial charge in [0.15, 0.2) is 17.5 Å². The van der Waals surface area contributed by atoms with Crippen LogP contribution in [0.5, 0.6) is 0 Å². The third-order valence-corrected chi connectivity index (χ3v) is 5.81. The molecule has 0 radical (unpaired) electrons. The van der Waals surface area contributed by atoms with Gasteiger partial charge >= 0.3 is 0 Å². The minimum absolute atomic E-state index is 0.0285. The number of fused-ring (bicyclic) bond motifs is 1. The summed E-state index contributed by atoms with van der Waals surface area (Å²) in [6.45, 7) is 0. The fourth-order valence-corrected chi connectivity index (χ4v) is 4.21. The number of halogens is 2. The molecule has 0 bridgehead atoms. The van der Waals surface area contributed by atoms with Crippen LogP contribution in [0.1, 0.15) is 25.7 Å². The number of hydrogen-bond donors (Lipinski definition) is 3. The van der Waals surface area contributed by atoms with Gasteiger partial charge in [0.1, 0.15) is 5.65 Å². The fourth-order valence-electron chi connectivity index (χ4n) is 4.05. The molecule has 2 atom stereocenters. The van der Waals surface area contributed by atoms with Gasteiger partial charge in [0, 0.05) is 41.5 Å². The van der Waals surface area contributed by atoms with Gasteiger partial charge in [-0.25, -0.2) is 19.3 Å². The molecule has 1 aliphatic carbocycles. The van der Waals surface area contributed by atoms with E-state index in [2.05, 4.69) is 30.6 Å². The van der Waals surface area contributed by atoms with Crippen molar-refractivity contribution in [1.29, 1.82) is 0 Å². The Bertz CT molecular complexity index is 1350. The van der Waals surface area contributed by atoms with Crippen LogP contribution in [0.25, 0.3) is 22.4 Å². The van der Waals surface area contributed by atoms with Gasteiger partial charge in [-0.05, 0) is 31.7 Å². The van der Waals surface area contributed by atoms with Crippen LogP contribution in [0.15, 0.2) is 40.3 Å². The van der Waals surface area contributed by atoms with E-state index in [0.717, 1.165) is 30.8 Å². The van der Waals surface area contributed by atoms with Crippen molar-refractivity contribution >= 4 is 34.1 Å². The second-order valence-corrected chi connectivity index (χ2v) is 8.18. The van der Waals surface area contributed by atoms with Crippen LogP contribution in [0.3, 0.4) is 0 Å². The summed E-state index contributed by atoms with van der Waals surface area (Å²) in [5.41, 5.74) is 0.725. The molecule has 3 heterocycles. The SMILES string of the molecule is O=c1cc(N[C@@H]2CCC[C@H](Nc3nc(-c4c[nH]c5ncc(Cl)cc45)ncc3F)C2)c1=O. The smallest absolute Gasteiger partial charge is 0.248 e. The quantitative estimate of drug-likeness (QED) is 0.408. The van der Waals surface area contributed by atoms with Gasteiger partial charge in [-0.3, -0.25) is 9.59 Å².